The van der Waals surface area contributed by atoms with Crippen LogP contribution in [0.15, 0.2) is 34.2 Å². The molecule has 164 valence electrons. The SMILES string of the molecule is COC(C)c1ccc(Nc2cc(CC(=O)C3CC3)nc3c2N=C(C)C3)c(S(C)(=O)=O)c1. The van der Waals surface area contributed by atoms with E-state index in [4.69, 9.17) is 4.74 Å². The lowest BCUT2D eigenvalue weighted by Crippen LogP contribution is -2.09. The number of carbonyl (C=O) groups is 1. The van der Waals surface area contributed by atoms with Gasteiger partial charge in [-0.2, -0.15) is 0 Å². The minimum Gasteiger partial charge on any atom is -0.377 e. The standard InChI is InChI=1S/C23H27N3O4S/c1-13-9-19-23(24-13)20(11-17(25-19)12-21(27)15-5-6-15)26-18-8-7-16(14(2)30-3)10-22(18)31(4,28)29/h7-8,10-11,14-15H,5-6,9,12H2,1-4H3,(H,25,26). The smallest absolute Gasteiger partial charge is 0.177 e. The van der Waals surface area contributed by atoms with Gasteiger partial charge in [0.1, 0.15) is 11.5 Å². The summed E-state index contributed by atoms with van der Waals surface area (Å²) in [5.74, 6) is 0.375. The Balaban J connectivity index is 1.74. The number of ketones is 1. The number of hydrogen-bond acceptors (Lipinski definition) is 7. The van der Waals surface area contributed by atoms with Crippen LogP contribution in [0.5, 0.6) is 0 Å². The van der Waals surface area contributed by atoms with E-state index in [1.165, 1.54) is 6.26 Å². The molecule has 1 aromatic heterocycles. The molecular formula is C23H27N3O4S. The molecule has 2 heterocycles. The van der Waals surface area contributed by atoms with E-state index in [9.17, 15) is 13.2 Å². The van der Waals surface area contributed by atoms with Gasteiger partial charge in [-0.1, -0.05) is 6.07 Å². The molecule has 0 amide bonds. The molecular weight excluding hydrogens is 414 g/mol. The highest BCUT2D eigenvalue weighted by molar-refractivity contribution is 7.90. The number of methoxy groups -OCH3 is 1. The lowest BCUT2D eigenvalue weighted by Gasteiger charge is -2.17. The van der Waals surface area contributed by atoms with Gasteiger partial charge in [0.2, 0.25) is 0 Å². The summed E-state index contributed by atoms with van der Waals surface area (Å²) in [6.45, 7) is 3.80. The Labute approximate surface area is 182 Å². The van der Waals surface area contributed by atoms with Crippen molar-refractivity contribution in [3.8, 4) is 0 Å². The first kappa shape index (κ1) is 21.6. The van der Waals surface area contributed by atoms with Crippen LogP contribution in [0.1, 0.15) is 49.7 Å². The minimum absolute atomic E-state index is 0.164. The molecule has 0 saturated heterocycles. The molecule has 0 spiro atoms. The number of anilines is 2. The van der Waals surface area contributed by atoms with E-state index in [1.54, 1.807) is 19.2 Å². The number of aliphatic imine (C=N–C) groups is 1. The number of rotatable bonds is 8. The van der Waals surface area contributed by atoms with Crippen molar-refractivity contribution in [2.45, 2.75) is 50.5 Å². The fraction of sp³-hybridized carbons (Fsp3) is 0.435. The highest BCUT2D eigenvalue weighted by Gasteiger charge is 2.30. The number of ether oxygens (including phenoxy) is 1. The van der Waals surface area contributed by atoms with E-state index in [0.717, 1.165) is 29.8 Å². The molecule has 31 heavy (non-hydrogen) atoms. The first-order valence-electron chi connectivity index (χ1n) is 10.4. The van der Waals surface area contributed by atoms with Crippen LogP contribution in [0.4, 0.5) is 17.1 Å². The molecule has 2 aliphatic rings. The maximum atomic E-state index is 12.5. The minimum atomic E-state index is -3.50. The number of benzene rings is 1. The number of carbonyl (C=O) groups excluding carboxylic acids is 1. The van der Waals surface area contributed by atoms with Crippen molar-refractivity contribution in [1.29, 1.82) is 0 Å². The molecule has 2 aromatic rings. The summed E-state index contributed by atoms with van der Waals surface area (Å²) in [5, 5.41) is 3.26. The Morgan fingerprint density at radius 1 is 1.26 bits per heavy atom. The van der Waals surface area contributed by atoms with Crippen LogP contribution in [0, 0.1) is 5.92 Å². The maximum Gasteiger partial charge on any atom is 0.177 e. The van der Waals surface area contributed by atoms with E-state index >= 15 is 0 Å². The molecule has 1 aliphatic heterocycles. The van der Waals surface area contributed by atoms with Crippen LogP contribution in [0.25, 0.3) is 0 Å². The second kappa shape index (κ2) is 8.16. The number of fused-ring (bicyclic) bond motifs is 1. The highest BCUT2D eigenvalue weighted by atomic mass is 32.2. The van der Waals surface area contributed by atoms with Crippen LogP contribution in [-0.2, 0) is 32.2 Å². The van der Waals surface area contributed by atoms with Crippen LogP contribution in [0.3, 0.4) is 0 Å². The van der Waals surface area contributed by atoms with Crippen molar-refractivity contribution in [2.24, 2.45) is 10.9 Å². The van der Waals surface area contributed by atoms with Crippen molar-refractivity contribution in [3.63, 3.8) is 0 Å². The Hall–Kier alpha value is -2.58. The summed E-state index contributed by atoms with van der Waals surface area (Å²) >= 11 is 0. The molecule has 1 fully saturated rings. The summed E-state index contributed by atoms with van der Waals surface area (Å²) < 4.78 is 30.4. The maximum absolute atomic E-state index is 12.5. The average Bonchev–Trinajstić information content (AvgIpc) is 3.49. The van der Waals surface area contributed by atoms with Gasteiger partial charge in [0.05, 0.1) is 33.8 Å². The van der Waals surface area contributed by atoms with Crippen molar-refractivity contribution >= 4 is 38.4 Å². The second-order valence-electron chi connectivity index (χ2n) is 8.43. The fourth-order valence-electron chi connectivity index (χ4n) is 3.77. The zero-order chi connectivity index (χ0) is 22.3. The van der Waals surface area contributed by atoms with E-state index in [1.807, 2.05) is 26.0 Å². The van der Waals surface area contributed by atoms with Crippen LogP contribution >= 0.6 is 0 Å². The molecule has 1 aliphatic carbocycles. The monoisotopic (exact) mass is 441 g/mol. The summed E-state index contributed by atoms with van der Waals surface area (Å²) in [6.07, 6.45) is 3.79. The van der Waals surface area contributed by atoms with Gasteiger partial charge in [-0.15, -0.1) is 0 Å². The normalized spacial score (nSPS) is 16.6. The van der Waals surface area contributed by atoms with Crippen molar-refractivity contribution < 1.29 is 17.9 Å². The van der Waals surface area contributed by atoms with E-state index in [2.05, 4.69) is 15.3 Å². The Bertz CT molecular complexity index is 1180. The third kappa shape index (κ3) is 4.70. The first-order chi connectivity index (χ1) is 14.7. The Kier molecular flexibility index (Phi) is 5.70. The van der Waals surface area contributed by atoms with Gasteiger partial charge in [0.25, 0.3) is 0 Å². The number of pyridine rings is 1. The van der Waals surface area contributed by atoms with Crippen LogP contribution in [-0.4, -0.2) is 38.3 Å². The molecule has 1 saturated carbocycles. The quantitative estimate of drug-likeness (QED) is 0.662. The van der Waals surface area contributed by atoms with Gasteiger partial charge in [-0.25, -0.2) is 8.42 Å². The second-order valence-corrected chi connectivity index (χ2v) is 10.4. The van der Waals surface area contributed by atoms with Crippen molar-refractivity contribution in [3.05, 3.63) is 41.2 Å². The van der Waals surface area contributed by atoms with Gasteiger partial charge in [-0.3, -0.25) is 14.8 Å². The zero-order valence-electron chi connectivity index (χ0n) is 18.2. The van der Waals surface area contributed by atoms with Gasteiger partial charge in [0.15, 0.2) is 9.84 Å². The van der Waals surface area contributed by atoms with Gasteiger partial charge in [-0.05, 0) is 50.5 Å². The third-order valence-electron chi connectivity index (χ3n) is 5.73. The molecule has 1 unspecified atom stereocenters. The molecule has 0 bridgehead atoms. The summed E-state index contributed by atoms with van der Waals surface area (Å²) in [5.41, 5.74) is 5.04. The largest absolute Gasteiger partial charge is 0.377 e. The summed E-state index contributed by atoms with van der Waals surface area (Å²) in [7, 11) is -1.91. The third-order valence-corrected chi connectivity index (χ3v) is 6.87. The predicted octanol–water partition coefficient (Wildman–Crippen LogP) is 4.11. The topological polar surface area (TPSA) is 97.7 Å². The molecule has 1 aromatic carbocycles. The number of aromatic nitrogens is 1. The number of nitrogens with zero attached hydrogens (tertiary/aromatic N) is 2. The first-order valence-corrected chi connectivity index (χ1v) is 12.3. The predicted molar refractivity (Wildman–Crippen MR) is 120 cm³/mol. The van der Waals surface area contributed by atoms with Gasteiger partial charge in [0, 0.05) is 37.8 Å². The van der Waals surface area contributed by atoms with Crippen molar-refractivity contribution in [2.75, 3.05) is 18.7 Å². The number of nitrogens with one attached hydrogen (secondary N) is 1. The fourth-order valence-corrected chi connectivity index (χ4v) is 4.64. The van der Waals surface area contributed by atoms with E-state index in [-0.39, 0.29) is 29.1 Å². The molecule has 0 radical (unpaired) electrons. The summed E-state index contributed by atoms with van der Waals surface area (Å²) in [4.78, 5) is 21.8. The lowest BCUT2D eigenvalue weighted by atomic mass is 10.1. The number of Topliss-reactive ketones (excluding diaryl/α,β-unsaturated/α-hetero) is 1. The molecule has 1 atom stereocenters. The van der Waals surface area contributed by atoms with Crippen molar-refractivity contribution in [1.82, 2.24) is 4.98 Å². The van der Waals surface area contributed by atoms with E-state index in [0.29, 0.717) is 29.2 Å². The molecule has 8 heteroatoms. The van der Waals surface area contributed by atoms with Gasteiger partial charge < -0.3 is 10.1 Å². The van der Waals surface area contributed by atoms with Crippen LogP contribution in [0.2, 0.25) is 0 Å². The number of hydrogen-bond donors (Lipinski definition) is 1. The lowest BCUT2D eigenvalue weighted by molar-refractivity contribution is -0.119. The summed E-state index contributed by atoms with van der Waals surface area (Å²) in [6, 6.07) is 7.05. The zero-order valence-corrected chi connectivity index (χ0v) is 19.0. The van der Waals surface area contributed by atoms with Crippen LogP contribution < -0.4 is 5.32 Å². The number of sulfone groups is 1. The molecule has 4 rings (SSSR count). The Morgan fingerprint density at radius 3 is 2.65 bits per heavy atom. The molecule has 7 nitrogen and oxygen atoms in total. The molecule has 1 N–H and O–H groups in total. The van der Waals surface area contributed by atoms with E-state index < -0.39 is 9.84 Å². The average molecular weight is 442 g/mol. The van der Waals surface area contributed by atoms with Gasteiger partial charge >= 0.3 is 0 Å². The Morgan fingerprint density at radius 2 is 2.00 bits per heavy atom. The highest BCUT2D eigenvalue weighted by Crippen LogP contribution is 2.39.